The Morgan fingerprint density at radius 3 is 1.05 bits per heavy atom. The molecule has 0 aliphatic rings. The fourth-order valence-electron chi connectivity index (χ4n) is 5.41. The minimum absolute atomic E-state index is 0. The molecule has 0 spiro atoms. The molecule has 38 heavy (non-hydrogen) atoms. The molecule has 0 N–H and O–H groups in total. The second-order valence-electron chi connectivity index (χ2n) is 11.1. The molecule has 0 bridgehead atoms. The van der Waals surface area contributed by atoms with Crippen LogP contribution < -0.4 is 10.2 Å². The van der Waals surface area contributed by atoms with Gasteiger partial charge in [-0.2, -0.15) is 0 Å². The van der Waals surface area contributed by atoms with Gasteiger partial charge in [-0.25, -0.2) is 0 Å². The summed E-state index contributed by atoms with van der Waals surface area (Å²) in [6.07, 6.45) is 25.4. The molecule has 0 saturated heterocycles. The topological polar surface area (TPSA) is 46.1 Å². The molecule has 0 atom stereocenters. The molecule has 0 aliphatic heterocycles. The van der Waals surface area contributed by atoms with Crippen LogP contribution in [0.5, 0.6) is 11.5 Å². The van der Waals surface area contributed by atoms with Crippen molar-refractivity contribution in [3.63, 3.8) is 0 Å². The Morgan fingerprint density at radius 1 is 0.421 bits per heavy atom. The van der Waals surface area contributed by atoms with Gasteiger partial charge in [-0.1, -0.05) is 175 Å². The number of unbranched alkanes of at least 4 members (excludes halogenated alkanes) is 16. The minimum Gasteiger partial charge on any atom is -0.872 e. The second kappa shape index (κ2) is 23.0. The van der Waals surface area contributed by atoms with Crippen LogP contribution in [-0.2, 0) is 19.3 Å². The van der Waals surface area contributed by atoms with E-state index in [4.69, 9.17) is 0 Å². The van der Waals surface area contributed by atoms with Crippen LogP contribution in [0.25, 0.3) is 0 Å². The van der Waals surface area contributed by atoms with E-state index in [0.29, 0.717) is 6.42 Å². The van der Waals surface area contributed by atoms with Crippen molar-refractivity contribution in [2.75, 3.05) is 0 Å². The number of aryl methyl sites for hydroxylation is 2. The van der Waals surface area contributed by atoms with Gasteiger partial charge < -0.3 is 10.2 Å². The monoisotopic (exact) mass is 546 g/mol. The SMILES string of the molecule is CCCCCCCCCCCc1cccc(Cc2cccc(CCCCCCCCCCC)c2[O-])c1[O-].[Ca+2]. The van der Waals surface area contributed by atoms with E-state index in [9.17, 15) is 10.2 Å². The fraction of sp³-hybridized carbons (Fsp3) is 0.657. The third-order valence-corrected chi connectivity index (χ3v) is 7.84. The van der Waals surface area contributed by atoms with Gasteiger partial charge in [0.2, 0.25) is 0 Å². The predicted molar refractivity (Wildman–Crippen MR) is 162 cm³/mol. The van der Waals surface area contributed by atoms with Crippen molar-refractivity contribution in [3.05, 3.63) is 58.7 Å². The molecule has 0 aliphatic carbocycles. The van der Waals surface area contributed by atoms with Gasteiger partial charge in [0.1, 0.15) is 0 Å². The summed E-state index contributed by atoms with van der Waals surface area (Å²) in [5, 5.41) is 26.2. The average Bonchev–Trinajstić information content (AvgIpc) is 2.90. The summed E-state index contributed by atoms with van der Waals surface area (Å²) in [5.74, 6) is 0.289. The minimum atomic E-state index is 0. The molecule has 0 unspecified atom stereocenters. The Labute approximate surface area is 265 Å². The van der Waals surface area contributed by atoms with Gasteiger partial charge in [-0.05, 0) is 32.1 Å². The van der Waals surface area contributed by atoms with Gasteiger partial charge in [-0.3, -0.25) is 0 Å². The first-order valence-electron chi connectivity index (χ1n) is 15.7. The van der Waals surface area contributed by atoms with E-state index in [-0.39, 0.29) is 49.2 Å². The first-order chi connectivity index (χ1) is 18.2. The molecule has 208 valence electrons. The van der Waals surface area contributed by atoms with E-state index >= 15 is 0 Å². The van der Waals surface area contributed by atoms with E-state index in [1.807, 2.05) is 36.4 Å². The van der Waals surface area contributed by atoms with Crippen LogP contribution in [0.2, 0.25) is 0 Å². The molecular weight excluding hydrogens is 492 g/mol. The zero-order chi connectivity index (χ0) is 26.6. The van der Waals surface area contributed by atoms with Crippen molar-refractivity contribution in [2.24, 2.45) is 0 Å². The van der Waals surface area contributed by atoms with Gasteiger partial charge in [0.05, 0.1) is 0 Å². The molecule has 0 aromatic heterocycles. The molecule has 2 aromatic carbocycles. The Hall–Kier alpha value is -0.700. The Bertz CT molecular complexity index is 778. The van der Waals surface area contributed by atoms with Crippen LogP contribution >= 0.6 is 0 Å². The number of rotatable bonds is 22. The Kier molecular flexibility index (Phi) is 21.4. The first kappa shape index (κ1) is 35.3. The van der Waals surface area contributed by atoms with E-state index < -0.39 is 0 Å². The predicted octanol–water partition coefficient (Wildman–Crippen LogP) is 9.19. The number of hydrogen-bond donors (Lipinski definition) is 0. The number of hydrogen-bond acceptors (Lipinski definition) is 2. The summed E-state index contributed by atoms with van der Waals surface area (Å²) in [7, 11) is 0. The van der Waals surface area contributed by atoms with E-state index in [2.05, 4.69) is 13.8 Å². The van der Waals surface area contributed by atoms with Gasteiger partial charge in [0.25, 0.3) is 0 Å². The molecule has 0 saturated carbocycles. The van der Waals surface area contributed by atoms with E-state index in [1.54, 1.807) is 0 Å². The zero-order valence-corrected chi connectivity index (χ0v) is 27.0. The fourth-order valence-corrected chi connectivity index (χ4v) is 5.41. The van der Waals surface area contributed by atoms with Gasteiger partial charge in [0, 0.05) is 0 Å². The second-order valence-corrected chi connectivity index (χ2v) is 11.1. The van der Waals surface area contributed by atoms with Crippen LogP contribution in [0.4, 0.5) is 0 Å². The third-order valence-electron chi connectivity index (χ3n) is 7.84. The normalized spacial score (nSPS) is 11.0. The first-order valence-corrected chi connectivity index (χ1v) is 15.7. The maximum atomic E-state index is 13.1. The molecule has 0 amide bonds. The van der Waals surface area contributed by atoms with Crippen molar-refractivity contribution in [2.45, 2.75) is 149 Å². The number of para-hydroxylation sites is 2. The van der Waals surface area contributed by atoms with Crippen molar-refractivity contribution in [3.8, 4) is 11.5 Å². The van der Waals surface area contributed by atoms with Crippen molar-refractivity contribution < 1.29 is 10.2 Å². The largest absolute Gasteiger partial charge is 2.00 e. The maximum absolute atomic E-state index is 13.1. The molecule has 0 heterocycles. The number of benzene rings is 2. The summed E-state index contributed by atoms with van der Waals surface area (Å²) in [5.41, 5.74) is 3.37. The van der Waals surface area contributed by atoms with Crippen LogP contribution in [-0.4, -0.2) is 37.7 Å². The standard InChI is InChI=1S/C35H56O2.Ca/c1-3-5-7-9-11-13-15-17-19-23-30-25-21-27-32(34(30)36)29-33-28-22-26-31(35(33)37)24-20-18-16-14-12-10-8-6-4-2;/h21-22,25-28,36-37H,3-20,23-24,29H2,1-2H3;/q;+2/p-2. The zero-order valence-electron chi connectivity index (χ0n) is 24.8. The molecule has 0 radical (unpaired) electrons. The summed E-state index contributed by atoms with van der Waals surface area (Å²) >= 11 is 0. The van der Waals surface area contributed by atoms with E-state index in [0.717, 1.165) is 47.9 Å². The van der Waals surface area contributed by atoms with Crippen molar-refractivity contribution in [1.29, 1.82) is 0 Å². The van der Waals surface area contributed by atoms with Gasteiger partial charge >= 0.3 is 37.7 Å². The van der Waals surface area contributed by atoms with Crippen LogP contribution in [0.1, 0.15) is 152 Å². The summed E-state index contributed by atoms with van der Waals surface area (Å²) < 4.78 is 0. The van der Waals surface area contributed by atoms with E-state index in [1.165, 1.54) is 103 Å². The quantitative estimate of drug-likeness (QED) is 0.109. The van der Waals surface area contributed by atoms with Crippen LogP contribution in [0.3, 0.4) is 0 Å². The Balaban J connectivity index is 0.00000722. The summed E-state index contributed by atoms with van der Waals surface area (Å²) in [4.78, 5) is 0. The van der Waals surface area contributed by atoms with Gasteiger partial charge in [-0.15, -0.1) is 11.5 Å². The van der Waals surface area contributed by atoms with Gasteiger partial charge in [0.15, 0.2) is 0 Å². The third kappa shape index (κ3) is 14.6. The molecule has 0 fully saturated rings. The van der Waals surface area contributed by atoms with Crippen LogP contribution in [0, 0.1) is 0 Å². The maximum Gasteiger partial charge on any atom is 2.00 e. The molecule has 2 rings (SSSR count). The molecule has 2 nitrogen and oxygen atoms in total. The smallest absolute Gasteiger partial charge is 0.872 e. The summed E-state index contributed by atoms with van der Waals surface area (Å²) in [6.45, 7) is 4.52. The Morgan fingerprint density at radius 2 is 0.711 bits per heavy atom. The van der Waals surface area contributed by atoms with Crippen molar-refractivity contribution >= 4 is 37.7 Å². The molecule has 3 heteroatoms. The molecule has 2 aromatic rings. The summed E-state index contributed by atoms with van der Waals surface area (Å²) in [6, 6.07) is 11.8. The molecular formula is C35H54CaO2. The average molecular weight is 547 g/mol. The van der Waals surface area contributed by atoms with Crippen molar-refractivity contribution in [1.82, 2.24) is 0 Å². The van der Waals surface area contributed by atoms with Crippen LogP contribution in [0.15, 0.2) is 36.4 Å².